The zero-order valence-electron chi connectivity index (χ0n) is 11.4. The van der Waals surface area contributed by atoms with Gasteiger partial charge in [0.15, 0.2) is 0 Å². The van der Waals surface area contributed by atoms with Crippen molar-refractivity contribution in [3.8, 4) is 0 Å². The van der Waals surface area contributed by atoms with Crippen LogP contribution in [0.5, 0.6) is 0 Å². The number of carbonyl (C=O) groups is 1. The van der Waals surface area contributed by atoms with Gasteiger partial charge in [0.2, 0.25) is 5.91 Å². The summed E-state index contributed by atoms with van der Waals surface area (Å²) in [5.74, 6) is -0.144. The summed E-state index contributed by atoms with van der Waals surface area (Å²) in [5, 5.41) is 15.8. The van der Waals surface area contributed by atoms with E-state index in [1.165, 1.54) is 0 Å². The largest absolute Gasteiger partial charge is 0.392 e. The van der Waals surface area contributed by atoms with Crippen molar-refractivity contribution in [1.29, 1.82) is 0 Å². The third-order valence-corrected chi connectivity index (χ3v) is 3.00. The van der Waals surface area contributed by atoms with Gasteiger partial charge in [0.25, 0.3) is 0 Å². The summed E-state index contributed by atoms with van der Waals surface area (Å²) in [5.41, 5.74) is 1.68. The second-order valence-corrected chi connectivity index (χ2v) is 5.02. The number of halogens is 1. The van der Waals surface area contributed by atoms with Gasteiger partial charge in [-0.15, -0.1) is 0 Å². The molecule has 0 aliphatic carbocycles. The molecular weight excluding hydrogens is 264 g/mol. The normalized spacial score (nSPS) is 12.2. The summed E-state index contributed by atoms with van der Waals surface area (Å²) in [4.78, 5) is 11.7. The van der Waals surface area contributed by atoms with Crippen molar-refractivity contribution in [2.75, 3.05) is 18.4 Å². The molecule has 0 heterocycles. The highest BCUT2D eigenvalue weighted by molar-refractivity contribution is 6.31. The number of carbonyl (C=O) groups excluding carboxylic acids is 1. The average molecular weight is 285 g/mol. The maximum atomic E-state index is 11.7. The third-order valence-electron chi connectivity index (χ3n) is 2.76. The van der Waals surface area contributed by atoms with Crippen LogP contribution in [0.4, 0.5) is 5.69 Å². The van der Waals surface area contributed by atoms with Gasteiger partial charge in [-0.1, -0.05) is 31.0 Å². The van der Waals surface area contributed by atoms with Crippen molar-refractivity contribution in [2.24, 2.45) is 0 Å². The number of hydrogen-bond acceptors (Lipinski definition) is 3. The number of benzene rings is 1. The Morgan fingerprint density at radius 2 is 2.21 bits per heavy atom. The van der Waals surface area contributed by atoms with Crippen LogP contribution in [0.3, 0.4) is 0 Å². The van der Waals surface area contributed by atoms with E-state index in [9.17, 15) is 9.90 Å². The Labute approximate surface area is 119 Å². The summed E-state index contributed by atoms with van der Waals surface area (Å²) < 4.78 is 0. The van der Waals surface area contributed by atoms with Crippen LogP contribution >= 0.6 is 11.6 Å². The number of hydrogen-bond donors (Lipinski definition) is 3. The van der Waals surface area contributed by atoms with Gasteiger partial charge in [-0.2, -0.15) is 0 Å². The molecule has 1 amide bonds. The van der Waals surface area contributed by atoms with Crippen molar-refractivity contribution in [2.45, 2.75) is 32.8 Å². The van der Waals surface area contributed by atoms with Crippen molar-refractivity contribution < 1.29 is 9.90 Å². The number of amides is 1. The minimum absolute atomic E-state index is 0.144. The molecule has 0 saturated carbocycles. The maximum absolute atomic E-state index is 11.7. The van der Waals surface area contributed by atoms with Gasteiger partial charge in [-0.3, -0.25) is 4.79 Å². The molecule has 5 heteroatoms. The number of rotatable bonds is 7. The first kappa shape index (κ1) is 16.0. The second kappa shape index (κ2) is 8.15. The van der Waals surface area contributed by atoms with Crippen LogP contribution in [0.1, 0.15) is 25.3 Å². The number of aliphatic hydroxyl groups excluding tert-OH is 1. The molecule has 0 radical (unpaired) electrons. The lowest BCUT2D eigenvalue weighted by Gasteiger charge is -2.12. The first-order valence-electron chi connectivity index (χ1n) is 6.47. The van der Waals surface area contributed by atoms with E-state index in [1.807, 2.05) is 19.9 Å². The molecule has 0 bridgehead atoms. The van der Waals surface area contributed by atoms with Crippen molar-refractivity contribution in [1.82, 2.24) is 5.32 Å². The van der Waals surface area contributed by atoms with Gasteiger partial charge in [0, 0.05) is 17.3 Å². The molecule has 0 saturated heterocycles. The fourth-order valence-corrected chi connectivity index (χ4v) is 1.88. The Balaban J connectivity index is 2.37. The monoisotopic (exact) mass is 284 g/mol. The minimum Gasteiger partial charge on any atom is -0.392 e. The average Bonchev–Trinajstić information content (AvgIpc) is 2.34. The van der Waals surface area contributed by atoms with Crippen LogP contribution in [-0.4, -0.2) is 30.2 Å². The Morgan fingerprint density at radius 3 is 2.89 bits per heavy atom. The van der Waals surface area contributed by atoms with Gasteiger partial charge in [-0.25, -0.2) is 0 Å². The Kier molecular flexibility index (Phi) is 6.84. The van der Waals surface area contributed by atoms with E-state index in [2.05, 4.69) is 10.6 Å². The molecule has 1 aromatic carbocycles. The fourth-order valence-electron chi connectivity index (χ4n) is 1.71. The number of anilines is 1. The molecule has 4 nitrogen and oxygen atoms in total. The van der Waals surface area contributed by atoms with Gasteiger partial charge < -0.3 is 15.7 Å². The Morgan fingerprint density at radius 1 is 1.47 bits per heavy atom. The molecule has 3 N–H and O–H groups in total. The first-order valence-corrected chi connectivity index (χ1v) is 6.85. The molecule has 19 heavy (non-hydrogen) atoms. The van der Waals surface area contributed by atoms with Crippen molar-refractivity contribution in [3.63, 3.8) is 0 Å². The van der Waals surface area contributed by atoms with E-state index in [1.54, 1.807) is 12.1 Å². The van der Waals surface area contributed by atoms with Gasteiger partial charge >= 0.3 is 0 Å². The summed E-state index contributed by atoms with van der Waals surface area (Å²) in [6.45, 7) is 4.52. The highest BCUT2D eigenvalue weighted by Crippen LogP contribution is 2.19. The van der Waals surface area contributed by atoms with Crippen LogP contribution in [0.25, 0.3) is 0 Å². The molecule has 0 aromatic heterocycles. The summed E-state index contributed by atoms with van der Waals surface area (Å²) in [7, 11) is 0. The quantitative estimate of drug-likeness (QED) is 0.720. The van der Waals surface area contributed by atoms with E-state index in [0.717, 1.165) is 18.4 Å². The zero-order valence-corrected chi connectivity index (χ0v) is 12.1. The molecule has 0 aliphatic rings. The Hall–Kier alpha value is -1.10. The molecular formula is C14H21ClN2O2. The number of aryl methyl sites for hydroxylation is 1. The minimum atomic E-state index is -0.397. The standard InChI is InChI=1S/C14H21ClN2O2/c1-3-4-12(18)8-16-9-14(19)17-13-7-11(15)6-5-10(13)2/h5-7,12,16,18H,3-4,8-9H2,1-2H3,(H,17,19). The lowest BCUT2D eigenvalue weighted by atomic mass is 10.2. The predicted molar refractivity (Wildman–Crippen MR) is 78.6 cm³/mol. The lowest BCUT2D eigenvalue weighted by molar-refractivity contribution is -0.115. The van der Waals surface area contributed by atoms with Crippen LogP contribution in [0.15, 0.2) is 18.2 Å². The topological polar surface area (TPSA) is 61.4 Å². The van der Waals surface area contributed by atoms with Crippen molar-refractivity contribution >= 4 is 23.2 Å². The van der Waals surface area contributed by atoms with E-state index >= 15 is 0 Å². The van der Waals surface area contributed by atoms with Crippen molar-refractivity contribution in [3.05, 3.63) is 28.8 Å². The van der Waals surface area contributed by atoms with Crippen LogP contribution in [0, 0.1) is 6.92 Å². The van der Waals surface area contributed by atoms with E-state index in [-0.39, 0.29) is 12.5 Å². The lowest BCUT2D eigenvalue weighted by Crippen LogP contribution is -2.33. The van der Waals surface area contributed by atoms with Gasteiger partial charge in [0.05, 0.1) is 12.6 Å². The highest BCUT2D eigenvalue weighted by Gasteiger charge is 2.07. The van der Waals surface area contributed by atoms with Crippen LogP contribution in [0.2, 0.25) is 5.02 Å². The third kappa shape index (κ3) is 6.05. The van der Waals surface area contributed by atoms with Gasteiger partial charge in [0.1, 0.15) is 0 Å². The molecule has 106 valence electrons. The first-order chi connectivity index (χ1) is 9.02. The maximum Gasteiger partial charge on any atom is 0.238 e. The van der Waals surface area contributed by atoms with E-state index < -0.39 is 6.10 Å². The molecule has 1 rings (SSSR count). The molecule has 1 aromatic rings. The predicted octanol–water partition coefficient (Wildman–Crippen LogP) is 2.34. The molecule has 1 unspecified atom stereocenters. The second-order valence-electron chi connectivity index (χ2n) is 4.58. The van der Waals surface area contributed by atoms with E-state index in [4.69, 9.17) is 11.6 Å². The molecule has 0 spiro atoms. The highest BCUT2D eigenvalue weighted by atomic mass is 35.5. The fraction of sp³-hybridized carbons (Fsp3) is 0.500. The van der Waals surface area contributed by atoms with E-state index in [0.29, 0.717) is 17.3 Å². The zero-order chi connectivity index (χ0) is 14.3. The number of aliphatic hydroxyl groups is 1. The summed E-state index contributed by atoms with van der Waals surface area (Å²) in [6, 6.07) is 5.36. The molecule has 1 atom stereocenters. The van der Waals surface area contributed by atoms with Crippen LogP contribution < -0.4 is 10.6 Å². The smallest absolute Gasteiger partial charge is 0.238 e. The Bertz CT molecular complexity index is 424. The van der Waals surface area contributed by atoms with Crippen LogP contribution in [-0.2, 0) is 4.79 Å². The van der Waals surface area contributed by atoms with Gasteiger partial charge in [-0.05, 0) is 31.0 Å². The molecule has 0 aliphatic heterocycles. The summed E-state index contributed by atoms with van der Waals surface area (Å²) in [6.07, 6.45) is 1.27. The SMILES string of the molecule is CCCC(O)CNCC(=O)Nc1cc(Cl)ccc1C. The number of nitrogens with one attached hydrogen (secondary N) is 2. The summed E-state index contributed by atoms with van der Waals surface area (Å²) >= 11 is 5.88. The molecule has 0 fully saturated rings.